The highest BCUT2D eigenvalue weighted by Gasteiger charge is 2.39. The van der Waals surface area contributed by atoms with Crippen LogP contribution in [0.25, 0.3) is 0 Å². The van der Waals surface area contributed by atoms with Crippen LogP contribution in [0.4, 0.5) is 8.78 Å². The van der Waals surface area contributed by atoms with E-state index in [1.165, 1.54) is 0 Å². The minimum absolute atomic E-state index is 0.0942. The number of carbonyl (C=O) groups excluding carboxylic acids is 1. The predicted octanol–water partition coefficient (Wildman–Crippen LogP) is 5.85. The van der Waals surface area contributed by atoms with Crippen LogP contribution in [0.3, 0.4) is 0 Å². The molecule has 5 heteroatoms. The molecule has 0 radical (unpaired) electrons. The number of aliphatic hydroxyl groups is 1. The first-order valence-electron chi connectivity index (χ1n) is 10.4. The van der Waals surface area contributed by atoms with Gasteiger partial charge in [-0.2, -0.15) is 0 Å². The topological polar surface area (TPSA) is 46.5 Å². The van der Waals surface area contributed by atoms with E-state index < -0.39 is 18.0 Å². The Labute approximate surface area is 168 Å². The zero-order valence-corrected chi connectivity index (χ0v) is 17.3. The third-order valence-electron chi connectivity index (χ3n) is 5.61. The lowest BCUT2D eigenvalue weighted by molar-refractivity contribution is -0.167. The van der Waals surface area contributed by atoms with Gasteiger partial charge in [0.2, 0.25) is 0 Å². The van der Waals surface area contributed by atoms with Gasteiger partial charge in [0.15, 0.2) is 6.10 Å². The first kappa shape index (κ1) is 24.5. The van der Waals surface area contributed by atoms with Crippen molar-refractivity contribution in [1.29, 1.82) is 0 Å². The summed E-state index contributed by atoms with van der Waals surface area (Å²) in [6.07, 6.45) is 8.67. The molecule has 0 saturated heterocycles. The first-order chi connectivity index (χ1) is 13.3. The van der Waals surface area contributed by atoms with Gasteiger partial charge in [-0.25, -0.2) is 8.78 Å². The molecule has 0 aromatic carbocycles. The number of hydrogen-bond acceptors (Lipinski definition) is 3. The van der Waals surface area contributed by atoms with Crippen molar-refractivity contribution in [2.75, 3.05) is 0 Å². The third-order valence-corrected chi connectivity index (χ3v) is 5.61. The second-order valence-electron chi connectivity index (χ2n) is 7.87. The Kier molecular flexibility index (Phi) is 10.7. The van der Waals surface area contributed by atoms with Crippen molar-refractivity contribution in [2.24, 2.45) is 17.8 Å². The summed E-state index contributed by atoms with van der Waals surface area (Å²) in [5, 5.41) is 10.2. The maximum atomic E-state index is 14.0. The monoisotopic (exact) mass is 398 g/mol. The zero-order valence-electron chi connectivity index (χ0n) is 17.3. The Hall–Kier alpha value is -1.49. The van der Waals surface area contributed by atoms with Crippen LogP contribution in [0, 0.1) is 17.8 Å². The van der Waals surface area contributed by atoms with Crippen molar-refractivity contribution in [1.82, 2.24) is 0 Å². The molecule has 28 heavy (non-hydrogen) atoms. The molecule has 0 bridgehead atoms. The van der Waals surface area contributed by atoms with Crippen molar-refractivity contribution in [3.63, 3.8) is 0 Å². The van der Waals surface area contributed by atoms with Gasteiger partial charge in [-0.3, -0.25) is 4.79 Å². The van der Waals surface area contributed by atoms with Gasteiger partial charge in [0.05, 0.1) is 6.10 Å². The normalized spacial score (nSPS) is 26.3. The lowest BCUT2D eigenvalue weighted by atomic mass is 9.87. The highest BCUT2D eigenvalue weighted by atomic mass is 19.3. The summed E-state index contributed by atoms with van der Waals surface area (Å²) in [6, 6.07) is 0. The second kappa shape index (κ2) is 12.2. The number of ether oxygens (including phenoxy) is 1. The summed E-state index contributed by atoms with van der Waals surface area (Å²) < 4.78 is 32.9. The van der Waals surface area contributed by atoms with Gasteiger partial charge in [0, 0.05) is 12.8 Å². The number of allylic oxidation sites excluding steroid dienone is 3. The summed E-state index contributed by atoms with van der Waals surface area (Å²) in [6.45, 7) is 11.2. The minimum atomic E-state index is -3.08. The third kappa shape index (κ3) is 7.50. The SMILES string of the molecule is C=CC(OC(=O)CCC/C=C\C[C@@H]1[C@@H](C=C)[C@H](C)C[C@@H]1O)C(F)(F)CCCC. The summed E-state index contributed by atoms with van der Waals surface area (Å²) in [5.74, 6) is -2.75. The maximum Gasteiger partial charge on any atom is 0.306 e. The number of unbranched alkanes of at least 4 members (excludes halogenated alkanes) is 2. The van der Waals surface area contributed by atoms with Crippen molar-refractivity contribution in [3.05, 3.63) is 37.5 Å². The molecule has 1 N–H and O–H groups in total. The fourth-order valence-corrected chi connectivity index (χ4v) is 3.91. The lowest BCUT2D eigenvalue weighted by Crippen LogP contribution is -2.35. The Bertz CT molecular complexity index is 530. The molecule has 0 aliphatic heterocycles. The van der Waals surface area contributed by atoms with Crippen LogP contribution >= 0.6 is 0 Å². The fourth-order valence-electron chi connectivity index (χ4n) is 3.91. The average molecular weight is 399 g/mol. The largest absolute Gasteiger partial charge is 0.452 e. The molecule has 5 atom stereocenters. The molecule has 160 valence electrons. The molecule has 3 nitrogen and oxygen atoms in total. The van der Waals surface area contributed by atoms with Gasteiger partial charge in [0.1, 0.15) is 0 Å². The second-order valence-corrected chi connectivity index (χ2v) is 7.87. The standard InChI is InChI=1S/C23H36F2O3/c1-5-8-15-23(24,25)21(7-3)28-22(27)14-12-10-9-11-13-19-18(6-2)17(4)16-20(19)26/h6-7,9,11,17-21,26H,2-3,5,8,10,12-16H2,1,4H3/b11-9-/t17-,18+,19-,20+,21?/m1/s1. The molecule has 1 saturated carbocycles. The zero-order chi connectivity index (χ0) is 21.2. The molecule has 0 amide bonds. The predicted molar refractivity (Wildman–Crippen MR) is 109 cm³/mol. The molecule has 0 aromatic rings. The molecular formula is C23H36F2O3. The Morgan fingerprint density at radius 2 is 2.04 bits per heavy atom. The van der Waals surface area contributed by atoms with E-state index in [2.05, 4.69) is 20.1 Å². The molecular weight excluding hydrogens is 362 g/mol. The van der Waals surface area contributed by atoms with E-state index in [-0.39, 0.29) is 24.9 Å². The quantitative estimate of drug-likeness (QED) is 0.241. The molecule has 1 aliphatic carbocycles. The molecule has 0 aromatic heterocycles. The highest BCUT2D eigenvalue weighted by Crippen LogP contribution is 2.39. The van der Waals surface area contributed by atoms with Crippen molar-refractivity contribution < 1.29 is 23.4 Å². The minimum Gasteiger partial charge on any atom is -0.452 e. The Balaban J connectivity index is 2.33. The number of esters is 1. The van der Waals surface area contributed by atoms with Crippen LogP contribution in [0.2, 0.25) is 0 Å². The number of aliphatic hydroxyl groups excluding tert-OH is 1. The number of hydrogen-bond donors (Lipinski definition) is 1. The average Bonchev–Trinajstić information content (AvgIpc) is 2.93. The van der Waals surface area contributed by atoms with Gasteiger partial charge < -0.3 is 9.84 Å². The van der Waals surface area contributed by atoms with E-state index in [9.17, 15) is 18.7 Å². The first-order valence-corrected chi connectivity index (χ1v) is 10.4. The van der Waals surface area contributed by atoms with Crippen LogP contribution in [-0.4, -0.2) is 29.2 Å². The molecule has 1 aliphatic rings. The van der Waals surface area contributed by atoms with Gasteiger partial charge >= 0.3 is 5.97 Å². The Morgan fingerprint density at radius 1 is 1.32 bits per heavy atom. The van der Waals surface area contributed by atoms with E-state index in [0.29, 0.717) is 37.5 Å². The molecule has 1 fully saturated rings. The fraction of sp³-hybridized carbons (Fsp3) is 0.696. The van der Waals surface area contributed by atoms with Crippen LogP contribution in [-0.2, 0) is 9.53 Å². The highest BCUT2D eigenvalue weighted by molar-refractivity contribution is 5.69. The summed E-state index contributed by atoms with van der Waals surface area (Å²) in [4.78, 5) is 11.9. The Morgan fingerprint density at radius 3 is 2.64 bits per heavy atom. The molecule has 1 rings (SSSR count). The number of carbonyl (C=O) groups is 1. The van der Waals surface area contributed by atoms with Gasteiger partial charge in [-0.15, -0.1) is 6.58 Å². The number of alkyl halides is 2. The summed E-state index contributed by atoms with van der Waals surface area (Å²) in [7, 11) is 0. The molecule has 0 heterocycles. The van der Waals surface area contributed by atoms with Crippen LogP contribution in [0.1, 0.15) is 65.2 Å². The smallest absolute Gasteiger partial charge is 0.306 e. The number of halogens is 2. The van der Waals surface area contributed by atoms with Crippen LogP contribution < -0.4 is 0 Å². The van der Waals surface area contributed by atoms with E-state index in [1.807, 2.05) is 25.2 Å². The van der Waals surface area contributed by atoms with E-state index in [4.69, 9.17) is 4.74 Å². The van der Waals surface area contributed by atoms with E-state index in [1.54, 1.807) is 0 Å². The van der Waals surface area contributed by atoms with Crippen LogP contribution in [0.15, 0.2) is 37.5 Å². The molecule has 0 spiro atoms. The van der Waals surface area contributed by atoms with Gasteiger partial charge in [-0.1, -0.05) is 45.1 Å². The van der Waals surface area contributed by atoms with E-state index >= 15 is 0 Å². The van der Waals surface area contributed by atoms with Crippen molar-refractivity contribution in [3.8, 4) is 0 Å². The molecule has 1 unspecified atom stereocenters. The van der Waals surface area contributed by atoms with Gasteiger partial charge in [0.25, 0.3) is 5.92 Å². The number of rotatable bonds is 13. The summed E-state index contributed by atoms with van der Waals surface area (Å²) >= 11 is 0. The maximum absolute atomic E-state index is 14.0. The van der Waals surface area contributed by atoms with Crippen molar-refractivity contribution in [2.45, 2.75) is 83.3 Å². The van der Waals surface area contributed by atoms with Crippen LogP contribution in [0.5, 0.6) is 0 Å². The lowest BCUT2D eigenvalue weighted by Gasteiger charge is -2.24. The van der Waals surface area contributed by atoms with Crippen molar-refractivity contribution >= 4 is 5.97 Å². The van der Waals surface area contributed by atoms with Gasteiger partial charge in [-0.05, 0) is 55.9 Å². The summed E-state index contributed by atoms with van der Waals surface area (Å²) in [5.41, 5.74) is 0. The van der Waals surface area contributed by atoms with E-state index in [0.717, 1.165) is 18.9 Å².